The first-order chi connectivity index (χ1) is 13.9. The van der Waals surface area contributed by atoms with E-state index in [2.05, 4.69) is 0 Å². The Kier molecular flexibility index (Phi) is 9.85. The van der Waals surface area contributed by atoms with Crippen molar-refractivity contribution in [2.24, 2.45) is 0 Å². The number of phosphoric acid groups is 1. The largest absolute Gasteiger partial charge is 0.474 e. The Labute approximate surface area is 172 Å². The fraction of sp³-hybridized carbons (Fsp3) is 0.750. The molecule has 14 heteroatoms. The van der Waals surface area contributed by atoms with E-state index in [0.29, 0.717) is 0 Å². The van der Waals surface area contributed by atoms with Gasteiger partial charge in [-0.05, 0) is 0 Å². The Morgan fingerprint density at radius 3 is 1.70 bits per heavy atom. The van der Waals surface area contributed by atoms with Gasteiger partial charge in [-0.25, -0.2) is 4.57 Å². The first kappa shape index (κ1) is 26.0. The van der Waals surface area contributed by atoms with Crippen LogP contribution in [0.5, 0.6) is 0 Å². The number of carbonyl (C=O) groups excluding carboxylic acids is 4. The van der Waals surface area contributed by atoms with Gasteiger partial charge in [0.2, 0.25) is 6.29 Å². The number of hydrogen-bond acceptors (Lipinski definition) is 13. The van der Waals surface area contributed by atoms with E-state index >= 15 is 0 Å². The SMILES string of the molecule is COP(=O)(OC)O[C@H]1[C@@H](OC(C)=O)O[C@H](COC(C)=O)[C@H](OC(C)=O)[C@@H]1OC(C)=O. The van der Waals surface area contributed by atoms with Gasteiger partial charge >= 0.3 is 31.7 Å². The molecule has 0 aromatic rings. The van der Waals surface area contributed by atoms with Crippen LogP contribution in [-0.2, 0) is 61.0 Å². The van der Waals surface area contributed by atoms with Crippen LogP contribution in [0.4, 0.5) is 0 Å². The first-order valence-corrected chi connectivity index (χ1v) is 10.1. The van der Waals surface area contributed by atoms with Crippen molar-refractivity contribution in [2.75, 3.05) is 20.8 Å². The summed E-state index contributed by atoms with van der Waals surface area (Å²) in [4.78, 5) is 46.1. The van der Waals surface area contributed by atoms with E-state index in [1.807, 2.05) is 0 Å². The minimum atomic E-state index is -4.21. The van der Waals surface area contributed by atoms with Crippen LogP contribution in [0.1, 0.15) is 27.7 Å². The van der Waals surface area contributed by atoms with Gasteiger partial charge in [0.15, 0.2) is 18.3 Å². The van der Waals surface area contributed by atoms with Gasteiger partial charge in [-0.1, -0.05) is 0 Å². The Hall–Kier alpha value is -2.05. The van der Waals surface area contributed by atoms with Crippen LogP contribution >= 0.6 is 7.82 Å². The van der Waals surface area contributed by atoms with E-state index in [1.165, 1.54) is 0 Å². The lowest BCUT2D eigenvalue weighted by molar-refractivity contribution is -0.294. The molecular weight excluding hydrogens is 431 g/mol. The van der Waals surface area contributed by atoms with E-state index in [-0.39, 0.29) is 0 Å². The summed E-state index contributed by atoms with van der Waals surface area (Å²) in [6, 6.07) is 0. The molecule has 0 bridgehead atoms. The highest BCUT2D eigenvalue weighted by atomic mass is 31.2. The third kappa shape index (κ3) is 7.65. The Morgan fingerprint density at radius 2 is 1.27 bits per heavy atom. The fourth-order valence-corrected chi connectivity index (χ4v) is 3.39. The lowest BCUT2D eigenvalue weighted by atomic mass is 9.98. The number of ether oxygens (including phenoxy) is 5. The molecule has 1 aliphatic heterocycles. The van der Waals surface area contributed by atoms with Crippen molar-refractivity contribution in [1.82, 2.24) is 0 Å². The van der Waals surface area contributed by atoms with Crippen molar-refractivity contribution in [3.8, 4) is 0 Å². The van der Waals surface area contributed by atoms with Crippen LogP contribution in [-0.4, -0.2) is 75.4 Å². The summed E-state index contributed by atoms with van der Waals surface area (Å²) < 4.78 is 53.2. The summed E-state index contributed by atoms with van der Waals surface area (Å²) >= 11 is 0. The quantitative estimate of drug-likeness (QED) is 0.268. The molecule has 0 amide bonds. The predicted molar refractivity (Wildman–Crippen MR) is 94.7 cm³/mol. The number of hydrogen-bond donors (Lipinski definition) is 0. The Balaban J connectivity index is 3.42. The van der Waals surface area contributed by atoms with Crippen LogP contribution < -0.4 is 0 Å². The van der Waals surface area contributed by atoms with E-state index in [9.17, 15) is 23.7 Å². The third-order valence-electron chi connectivity index (χ3n) is 3.63. The standard InChI is InChI=1S/C16H25O13P/c1-8(17)24-7-12-13(25-9(2)18)14(26-10(3)19)15(16(28-12)27-11(4)20)29-30(21,22-5)23-6/h12-16H,7H2,1-6H3/t12-,13+,14+,15-,16+/m1/s1. The van der Waals surface area contributed by atoms with Gasteiger partial charge in [-0.15, -0.1) is 0 Å². The van der Waals surface area contributed by atoms with Gasteiger partial charge in [-0.2, -0.15) is 0 Å². The third-order valence-corrected chi connectivity index (χ3v) is 5.02. The van der Waals surface area contributed by atoms with Gasteiger partial charge in [0.1, 0.15) is 12.7 Å². The van der Waals surface area contributed by atoms with Crippen LogP contribution in [0.15, 0.2) is 0 Å². The van der Waals surface area contributed by atoms with Crippen LogP contribution in [0.3, 0.4) is 0 Å². The zero-order chi connectivity index (χ0) is 23.1. The number of rotatable bonds is 9. The summed E-state index contributed by atoms with van der Waals surface area (Å²) in [6.07, 6.45) is -7.32. The highest BCUT2D eigenvalue weighted by Gasteiger charge is 2.54. The van der Waals surface area contributed by atoms with Crippen molar-refractivity contribution in [1.29, 1.82) is 0 Å². The van der Waals surface area contributed by atoms with Crippen molar-refractivity contribution < 1.29 is 61.0 Å². The van der Waals surface area contributed by atoms with Crippen LogP contribution in [0.25, 0.3) is 0 Å². The predicted octanol–water partition coefficient (Wildman–Crippen LogP) is 0.487. The molecule has 0 saturated carbocycles. The van der Waals surface area contributed by atoms with Gasteiger partial charge < -0.3 is 23.7 Å². The number of phosphoric ester groups is 1. The van der Waals surface area contributed by atoms with Gasteiger partial charge in [0, 0.05) is 41.9 Å². The van der Waals surface area contributed by atoms with Crippen LogP contribution in [0, 0.1) is 0 Å². The first-order valence-electron chi connectivity index (χ1n) is 8.62. The van der Waals surface area contributed by atoms with Crippen molar-refractivity contribution in [3.05, 3.63) is 0 Å². The Morgan fingerprint density at radius 1 is 0.767 bits per heavy atom. The molecular formula is C16H25O13P. The van der Waals surface area contributed by atoms with Gasteiger partial charge in [-0.3, -0.25) is 32.7 Å². The average Bonchev–Trinajstić information content (AvgIpc) is 2.63. The topological polar surface area (TPSA) is 159 Å². The number of esters is 4. The average molecular weight is 456 g/mol. The van der Waals surface area contributed by atoms with Crippen molar-refractivity contribution in [3.63, 3.8) is 0 Å². The summed E-state index contributed by atoms with van der Waals surface area (Å²) in [5.74, 6) is -3.11. The summed E-state index contributed by atoms with van der Waals surface area (Å²) in [5, 5.41) is 0. The van der Waals surface area contributed by atoms with Gasteiger partial charge in [0.05, 0.1) is 0 Å². The maximum Gasteiger partial charge on any atom is 0.474 e. The van der Waals surface area contributed by atoms with Crippen molar-refractivity contribution in [2.45, 2.75) is 58.4 Å². The fourth-order valence-electron chi connectivity index (χ4n) is 2.55. The maximum atomic E-state index is 12.5. The molecule has 30 heavy (non-hydrogen) atoms. The molecule has 0 spiro atoms. The molecule has 5 atom stereocenters. The highest BCUT2D eigenvalue weighted by molar-refractivity contribution is 7.48. The lowest BCUT2D eigenvalue weighted by Gasteiger charge is -2.44. The van der Waals surface area contributed by atoms with E-state index in [1.54, 1.807) is 0 Å². The lowest BCUT2D eigenvalue weighted by Crippen LogP contribution is -2.62. The number of carbonyl (C=O) groups is 4. The maximum absolute atomic E-state index is 12.5. The molecule has 172 valence electrons. The monoisotopic (exact) mass is 456 g/mol. The second-order valence-electron chi connectivity index (χ2n) is 5.99. The molecule has 13 nitrogen and oxygen atoms in total. The molecule has 1 aliphatic rings. The molecule has 0 aromatic carbocycles. The van der Waals surface area contributed by atoms with Crippen molar-refractivity contribution >= 4 is 31.7 Å². The minimum Gasteiger partial charge on any atom is -0.463 e. The molecule has 0 aromatic heterocycles. The molecule has 1 heterocycles. The molecule has 1 fully saturated rings. The molecule has 0 radical (unpaired) electrons. The Bertz CT molecular complexity index is 685. The smallest absolute Gasteiger partial charge is 0.463 e. The molecule has 0 unspecified atom stereocenters. The second-order valence-corrected chi connectivity index (χ2v) is 7.82. The molecule has 0 aliphatic carbocycles. The molecule has 1 saturated heterocycles. The zero-order valence-electron chi connectivity index (χ0n) is 17.3. The van der Waals surface area contributed by atoms with Crippen LogP contribution in [0.2, 0.25) is 0 Å². The molecule has 0 N–H and O–H groups in total. The summed E-state index contributed by atoms with van der Waals surface area (Å²) in [5.41, 5.74) is 0. The zero-order valence-corrected chi connectivity index (χ0v) is 18.2. The summed E-state index contributed by atoms with van der Waals surface area (Å²) in [6.45, 7) is 3.90. The normalized spacial score (nSPS) is 26.4. The second kappa shape index (κ2) is 11.4. The van der Waals surface area contributed by atoms with E-state index in [0.717, 1.165) is 41.9 Å². The summed E-state index contributed by atoms with van der Waals surface area (Å²) in [7, 11) is -2.15. The highest BCUT2D eigenvalue weighted by Crippen LogP contribution is 2.51. The van der Waals surface area contributed by atoms with E-state index < -0.39 is 69.0 Å². The van der Waals surface area contributed by atoms with E-state index in [4.69, 9.17) is 37.3 Å². The minimum absolute atomic E-state index is 0.443. The van der Waals surface area contributed by atoms with Gasteiger partial charge in [0.25, 0.3) is 0 Å². The molecule has 1 rings (SSSR count).